The second-order valence-corrected chi connectivity index (χ2v) is 7.24. The minimum atomic E-state index is 0.301. The van der Waals surface area contributed by atoms with Crippen LogP contribution in [0.15, 0.2) is 51.2 Å². The highest BCUT2D eigenvalue weighted by Gasteiger charge is 2.16. The van der Waals surface area contributed by atoms with Crippen LogP contribution in [0, 0.1) is 13.8 Å². The Morgan fingerprint density at radius 3 is 2.71 bits per heavy atom. The number of furan rings is 1. The molecule has 0 amide bonds. The van der Waals surface area contributed by atoms with E-state index >= 15 is 0 Å². The molecule has 1 aliphatic rings. The lowest BCUT2D eigenvalue weighted by Crippen LogP contribution is -2.37. The summed E-state index contributed by atoms with van der Waals surface area (Å²) in [7, 11) is 0. The van der Waals surface area contributed by atoms with Gasteiger partial charge >= 0.3 is 6.01 Å². The molecule has 1 aliphatic heterocycles. The molecule has 4 heterocycles. The highest BCUT2D eigenvalue weighted by Crippen LogP contribution is 2.22. The van der Waals surface area contributed by atoms with Crippen LogP contribution in [0.4, 0.5) is 11.7 Å². The normalized spacial score (nSPS) is 14.3. The van der Waals surface area contributed by atoms with Crippen LogP contribution in [-0.2, 0) is 17.7 Å². The van der Waals surface area contributed by atoms with Crippen molar-refractivity contribution in [2.45, 2.75) is 26.8 Å². The molecule has 0 N–H and O–H groups in total. The third kappa shape index (κ3) is 5.85. The first-order valence-electron chi connectivity index (χ1n) is 10.4. The van der Waals surface area contributed by atoms with Crippen LogP contribution in [0.5, 0.6) is 6.01 Å². The number of hydrogen-bond acceptors (Lipinski definition) is 9. The lowest BCUT2D eigenvalue weighted by atomic mass is 10.3. The van der Waals surface area contributed by atoms with Crippen molar-refractivity contribution in [3.05, 3.63) is 59.2 Å². The molecule has 162 valence electrons. The first-order chi connectivity index (χ1) is 15.2. The molecule has 0 unspecified atom stereocenters. The van der Waals surface area contributed by atoms with Crippen molar-refractivity contribution >= 4 is 11.7 Å². The fourth-order valence-electron chi connectivity index (χ4n) is 3.13. The van der Waals surface area contributed by atoms with Gasteiger partial charge < -0.3 is 18.8 Å². The summed E-state index contributed by atoms with van der Waals surface area (Å²) in [6.07, 6.45) is 2.45. The molecule has 1 fully saturated rings. The number of nitrogens with zero attached hydrogens (tertiary/aromatic N) is 6. The molecule has 0 radical (unpaired) electrons. The predicted octanol–water partition coefficient (Wildman–Crippen LogP) is 3.82. The number of aromatic nitrogens is 3. The Morgan fingerprint density at radius 1 is 1.10 bits per heavy atom. The van der Waals surface area contributed by atoms with Gasteiger partial charge in [0.2, 0.25) is 5.88 Å². The second-order valence-electron chi connectivity index (χ2n) is 7.24. The largest absolute Gasteiger partial charge is 0.463 e. The third-order valence-corrected chi connectivity index (χ3v) is 4.95. The van der Waals surface area contributed by atoms with Gasteiger partial charge in [-0.3, -0.25) is 4.98 Å². The summed E-state index contributed by atoms with van der Waals surface area (Å²) in [4.78, 5) is 15.6. The van der Waals surface area contributed by atoms with Crippen LogP contribution in [0.25, 0.3) is 0 Å². The summed E-state index contributed by atoms with van der Waals surface area (Å²) >= 11 is 0. The van der Waals surface area contributed by atoms with Crippen molar-refractivity contribution in [1.29, 1.82) is 0 Å². The lowest BCUT2D eigenvalue weighted by Gasteiger charge is -2.28. The molecule has 0 saturated carbocycles. The van der Waals surface area contributed by atoms with E-state index in [0.29, 0.717) is 44.7 Å². The van der Waals surface area contributed by atoms with Crippen molar-refractivity contribution in [3.8, 4) is 6.01 Å². The third-order valence-electron chi connectivity index (χ3n) is 4.95. The summed E-state index contributed by atoms with van der Waals surface area (Å²) in [5.41, 5.74) is 2.74. The standard InChI is InChI=1S/C22H26N6O3/c1-16-13-21(31-17(16)2)27-24-15-19-14-20(28-8-11-29-12-9-28)26-22(25-19)30-10-6-18-5-3-4-7-23-18/h3-5,7,13-14H,6,8-12,15H2,1-2H3. The average Bonchev–Trinajstić information content (AvgIpc) is 3.12. The molecule has 1 saturated heterocycles. The number of hydrogen-bond donors (Lipinski definition) is 0. The summed E-state index contributed by atoms with van der Waals surface area (Å²) < 4.78 is 16.9. The Labute approximate surface area is 181 Å². The number of azo groups is 1. The molecule has 0 bridgehead atoms. The quantitative estimate of drug-likeness (QED) is 0.509. The zero-order valence-corrected chi connectivity index (χ0v) is 17.8. The van der Waals surface area contributed by atoms with Gasteiger partial charge in [0.05, 0.1) is 25.5 Å². The average molecular weight is 422 g/mol. The fraction of sp³-hybridized carbons (Fsp3) is 0.409. The first-order valence-corrected chi connectivity index (χ1v) is 10.4. The predicted molar refractivity (Wildman–Crippen MR) is 115 cm³/mol. The van der Waals surface area contributed by atoms with E-state index in [4.69, 9.17) is 13.9 Å². The van der Waals surface area contributed by atoms with Crippen LogP contribution in [0.2, 0.25) is 0 Å². The van der Waals surface area contributed by atoms with Crippen LogP contribution >= 0.6 is 0 Å². The van der Waals surface area contributed by atoms with E-state index in [-0.39, 0.29) is 0 Å². The van der Waals surface area contributed by atoms with Crippen LogP contribution in [-0.4, -0.2) is 47.9 Å². The molecule has 4 rings (SSSR count). The van der Waals surface area contributed by atoms with Gasteiger partial charge in [0.15, 0.2) is 0 Å². The second kappa shape index (κ2) is 10.1. The Balaban J connectivity index is 1.46. The Kier molecular flexibility index (Phi) is 6.83. The topological polar surface area (TPSA) is 98.2 Å². The van der Waals surface area contributed by atoms with E-state index in [0.717, 1.165) is 41.6 Å². The molecular formula is C22H26N6O3. The van der Waals surface area contributed by atoms with Gasteiger partial charge in [-0.05, 0) is 31.5 Å². The summed E-state index contributed by atoms with van der Waals surface area (Å²) in [5, 5.41) is 8.43. The maximum atomic E-state index is 5.85. The SMILES string of the molecule is Cc1cc(N=NCc2cc(N3CCOCC3)nc(OCCc3ccccn3)n2)oc1C. The smallest absolute Gasteiger partial charge is 0.318 e. The van der Waals surface area contributed by atoms with E-state index in [2.05, 4.69) is 30.1 Å². The van der Waals surface area contributed by atoms with Gasteiger partial charge in [-0.15, -0.1) is 5.11 Å². The molecular weight excluding hydrogens is 396 g/mol. The van der Waals surface area contributed by atoms with Gasteiger partial charge in [0, 0.05) is 43.5 Å². The minimum absolute atomic E-state index is 0.301. The zero-order chi connectivity index (χ0) is 21.5. The summed E-state index contributed by atoms with van der Waals surface area (Å²) in [6.45, 7) is 7.52. The molecule has 0 aromatic carbocycles. The van der Waals surface area contributed by atoms with Crippen LogP contribution in [0.1, 0.15) is 22.7 Å². The van der Waals surface area contributed by atoms with Crippen molar-refractivity contribution in [2.75, 3.05) is 37.8 Å². The Morgan fingerprint density at radius 2 is 1.97 bits per heavy atom. The maximum Gasteiger partial charge on any atom is 0.318 e. The van der Waals surface area contributed by atoms with Crippen molar-refractivity contribution < 1.29 is 13.9 Å². The van der Waals surface area contributed by atoms with Crippen LogP contribution < -0.4 is 9.64 Å². The number of ether oxygens (including phenoxy) is 2. The Hall–Kier alpha value is -3.33. The van der Waals surface area contributed by atoms with Crippen molar-refractivity contribution in [2.24, 2.45) is 10.2 Å². The number of anilines is 1. The van der Waals surface area contributed by atoms with Gasteiger partial charge in [-0.1, -0.05) is 6.07 Å². The van der Waals surface area contributed by atoms with E-state index in [9.17, 15) is 0 Å². The number of aryl methyl sites for hydroxylation is 2. The Bertz CT molecular complexity index is 996. The minimum Gasteiger partial charge on any atom is -0.463 e. The van der Waals surface area contributed by atoms with Crippen molar-refractivity contribution in [3.63, 3.8) is 0 Å². The molecule has 0 aliphatic carbocycles. The summed E-state index contributed by atoms with van der Waals surface area (Å²) in [6, 6.07) is 9.95. The van der Waals surface area contributed by atoms with E-state index in [1.807, 2.05) is 44.2 Å². The fourth-order valence-corrected chi connectivity index (χ4v) is 3.13. The van der Waals surface area contributed by atoms with E-state index in [1.54, 1.807) is 6.20 Å². The molecule has 9 nitrogen and oxygen atoms in total. The van der Waals surface area contributed by atoms with Crippen LogP contribution in [0.3, 0.4) is 0 Å². The number of pyridine rings is 1. The van der Waals surface area contributed by atoms with Gasteiger partial charge in [-0.2, -0.15) is 15.1 Å². The van der Waals surface area contributed by atoms with Crippen molar-refractivity contribution in [1.82, 2.24) is 15.0 Å². The summed E-state index contributed by atoms with van der Waals surface area (Å²) in [5.74, 6) is 2.14. The molecule has 0 spiro atoms. The number of morpholine rings is 1. The molecule has 3 aromatic heterocycles. The van der Waals surface area contributed by atoms with Gasteiger partial charge in [0.25, 0.3) is 0 Å². The molecule has 9 heteroatoms. The highest BCUT2D eigenvalue weighted by atomic mass is 16.5. The molecule has 0 atom stereocenters. The highest BCUT2D eigenvalue weighted by molar-refractivity contribution is 5.41. The van der Waals surface area contributed by atoms with E-state index in [1.165, 1.54) is 0 Å². The first kappa shape index (κ1) is 20.9. The molecule has 3 aromatic rings. The number of rotatable bonds is 8. The zero-order valence-electron chi connectivity index (χ0n) is 17.8. The molecule has 31 heavy (non-hydrogen) atoms. The lowest BCUT2D eigenvalue weighted by molar-refractivity contribution is 0.122. The van der Waals surface area contributed by atoms with Gasteiger partial charge in [0.1, 0.15) is 18.1 Å². The van der Waals surface area contributed by atoms with Gasteiger partial charge in [-0.25, -0.2) is 0 Å². The van der Waals surface area contributed by atoms with E-state index < -0.39 is 0 Å². The maximum absolute atomic E-state index is 5.85. The monoisotopic (exact) mass is 422 g/mol.